The van der Waals surface area contributed by atoms with Gasteiger partial charge in [0.15, 0.2) is 12.6 Å². The van der Waals surface area contributed by atoms with Gasteiger partial charge in [0.05, 0.1) is 18.3 Å². The molecular formula is C33H54O7. The first kappa shape index (κ1) is 31.7. The highest BCUT2D eigenvalue weighted by Gasteiger charge is 2.43. The zero-order valence-electron chi connectivity index (χ0n) is 24.7. The quantitative estimate of drug-likeness (QED) is 0.178. The molecule has 0 aromatic carbocycles. The topological polar surface area (TPSA) is 94.5 Å². The van der Waals surface area contributed by atoms with Gasteiger partial charge in [-0.3, -0.25) is 4.79 Å². The first-order valence-corrected chi connectivity index (χ1v) is 16.3. The summed E-state index contributed by atoms with van der Waals surface area (Å²) in [6.07, 6.45) is 23.3. The predicted molar refractivity (Wildman–Crippen MR) is 155 cm³/mol. The van der Waals surface area contributed by atoms with E-state index in [2.05, 4.69) is 31.2 Å². The Balaban J connectivity index is 1.46. The zero-order valence-corrected chi connectivity index (χ0v) is 24.7. The summed E-state index contributed by atoms with van der Waals surface area (Å²) in [4.78, 5) is 10.8. The fraction of sp³-hybridized carbons (Fsp3) is 0.848. The molecule has 4 aliphatic rings. The van der Waals surface area contributed by atoms with Crippen LogP contribution >= 0.6 is 0 Å². The third kappa shape index (κ3) is 9.94. The number of aliphatic carboxylic acids is 1. The van der Waals surface area contributed by atoms with Gasteiger partial charge in [-0.1, -0.05) is 50.5 Å². The van der Waals surface area contributed by atoms with Crippen molar-refractivity contribution in [1.82, 2.24) is 0 Å². The Morgan fingerprint density at radius 2 is 1.70 bits per heavy atom. The van der Waals surface area contributed by atoms with E-state index in [4.69, 9.17) is 24.1 Å². The van der Waals surface area contributed by atoms with Crippen LogP contribution in [-0.4, -0.2) is 60.3 Å². The Kier molecular flexibility index (Phi) is 13.5. The molecule has 2 N–H and O–H groups in total. The molecule has 2 heterocycles. The second-order valence-corrected chi connectivity index (χ2v) is 12.5. The lowest BCUT2D eigenvalue weighted by molar-refractivity contribution is -0.193. The number of hydrogen-bond donors (Lipinski definition) is 2. The maximum absolute atomic E-state index is 11.1. The predicted octanol–water partition coefficient (Wildman–Crippen LogP) is 6.78. The Bertz CT molecular complexity index is 778. The molecule has 2 unspecified atom stereocenters. The van der Waals surface area contributed by atoms with E-state index in [-0.39, 0.29) is 43.0 Å². The lowest BCUT2D eigenvalue weighted by Crippen LogP contribution is -2.34. The van der Waals surface area contributed by atoms with Gasteiger partial charge >= 0.3 is 5.97 Å². The van der Waals surface area contributed by atoms with Crippen LogP contribution in [0.1, 0.15) is 110 Å². The van der Waals surface area contributed by atoms with Crippen LogP contribution in [0.4, 0.5) is 0 Å². The fourth-order valence-corrected chi connectivity index (χ4v) is 7.06. The van der Waals surface area contributed by atoms with E-state index in [0.717, 1.165) is 70.5 Å². The Morgan fingerprint density at radius 3 is 2.35 bits per heavy atom. The maximum atomic E-state index is 11.1. The number of ether oxygens (including phenoxy) is 4. The van der Waals surface area contributed by atoms with Gasteiger partial charge in [-0.05, 0) is 88.4 Å². The van der Waals surface area contributed by atoms with E-state index in [0.29, 0.717) is 18.8 Å². The van der Waals surface area contributed by atoms with Crippen LogP contribution in [0.2, 0.25) is 0 Å². The number of hydrogen-bond acceptors (Lipinski definition) is 6. The van der Waals surface area contributed by atoms with E-state index < -0.39 is 12.1 Å². The lowest BCUT2D eigenvalue weighted by atomic mass is 9.78. The highest BCUT2D eigenvalue weighted by atomic mass is 16.7. The minimum absolute atomic E-state index is 0.0115. The smallest absolute Gasteiger partial charge is 0.303 e. The van der Waals surface area contributed by atoms with Crippen molar-refractivity contribution in [2.75, 3.05) is 13.2 Å². The fourth-order valence-electron chi connectivity index (χ4n) is 7.06. The molecule has 0 aromatic rings. The lowest BCUT2D eigenvalue weighted by Gasteiger charge is -2.35. The van der Waals surface area contributed by atoms with Crippen LogP contribution in [0.15, 0.2) is 24.3 Å². The van der Waals surface area contributed by atoms with Crippen molar-refractivity contribution in [3.8, 4) is 0 Å². The summed E-state index contributed by atoms with van der Waals surface area (Å²) in [5.41, 5.74) is 0. The molecule has 2 aliphatic carbocycles. The molecule has 0 radical (unpaired) electrons. The van der Waals surface area contributed by atoms with Crippen LogP contribution in [0.25, 0.3) is 0 Å². The highest BCUT2D eigenvalue weighted by molar-refractivity contribution is 5.66. The largest absolute Gasteiger partial charge is 0.481 e. The third-order valence-electron chi connectivity index (χ3n) is 9.60. The van der Waals surface area contributed by atoms with Crippen molar-refractivity contribution in [2.45, 2.75) is 141 Å². The van der Waals surface area contributed by atoms with Gasteiger partial charge in [0, 0.05) is 32.0 Å². The van der Waals surface area contributed by atoms with E-state index in [1.165, 1.54) is 32.1 Å². The molecule has 228 valence electrons. The van der Waals surface area contributed by atoms with Crippen molar-refractivity contribution in [1.29, 1.82) is 0 Å². The number of carboxylic acid groups (broad SMARTS) is 1. The minimum Gasteiger partial charge on any atom is -0.481 e. The molecular weight excluding hydrogens is 508 g/mol. The van der Waals surface area contributed by atoms with E-state index in [1.807, 2.05) is 0 Å². The standard InChI is InChI=1S/C33H54O7/c1-2-24-15-17-25(18-16-24)29(39-32-13-7-9-21-37-32)20-19-27-26(11-5-3-4-6-12-31(35)36)28(34)23-30(27)40-33-14-8-10-22-38-33/h3,5,19-20,24-30,32-34H,2,4,6-18,21-23H2,1H3,(H,35,36)/b5-3-,20-19+/t24?,25?,26-,27-,28+,29-,30-,32?,33?/m1/s1. The Morgan fingerprint density at radius 1 is 0.975 bits per heavy atom. The van der Waals surface area contributed by atoms with Crippen molar-refractivity contribution >= 4 is 5.97 Å². The average Bonchev–Trinajstić information content (AvgIpc) is 3.27. The molecule has 4 rings (SSSR count). The van der Waals surface area contributed by atoms with Gasteiger partial charge in [-0.2, -0.15) is 0 Å². The third-order valence-corrected chi connectivity index (χ3v) is 9.60. The van der Waals surface area contributed by atoms with Crippen LogP contribution in [0.3, 0.4) is 0 Å². The SMILES string of the molecule is CCC1CCC([C@@H](/C=C/[C@@H]2[C@@H](C/C=C\CCCC(=O)O)[C@@H](O)C[C@H]2OC2CCCCO2)OC2CCCCO2)CC1. The molecule has 0 spiro atoms. The molecule has 2 aliphatic heterocycles. The first-order chi connectivity index (χ1) is 19.5. The summed E-state index contributed by atoms with van der Waals surface area (Å²) in [6.45, 7) is 3.81. The normalized spacial score (nSPS) is 36.4. The summed E-state index contributed by atoms with van der Waals surface area (Å²) in [5.74, 6) is 0.673. The molecule has 0 amide bonds. The Labute approximate surface area is 241 Å². The minimum atomic E-state index is -0.756. The summed E-state index contributed by atoms with van der Waals surface area (Å²) in [7, 11) is 0. The number of carbonyl (C=O) groups is 1. The number of carboxylic acids is 1. The summed E-state index contributed by atoms with van der Waals surface area (Å²) in [6, 6.07) is 0. The van der Waals surface area contributed by atoms with Crippen molar-refractivity contribution in [3.63, 3.8) is 0 Å². The monoisotopic (exact) mass is 562 g/mol. The number of aliphatic hydroxyl groups excluding tert-OH is 1. The summed E-state index contributed by atoms with van der Waals surface area (Å²) in [5, 5.41) is 20.0. The van der Waals surface area contributed by atoms with E-state index >= 15 is 0 Å². The van der Waals surface area contributed by atoms with Crippen LogP contribution in [0.5, 0.6) is 0 Å². The molecule has 2 saturated heterocycles. The molecule has 7 heteroatoms. The molecule has 0 aromatic heterocycles. The molecule has 2 saturated carbocycles. The maximum Gasteiger partial charge on any atom is 0.303 e. The van der Waals surface area contributed by atoms with E-state index in [1.54, 1.807) is 0 Å². The van der Waals surface area contributed by atoms with Gasteiger partial charge in [-0.15, -0.1) is 0 Å². The molecule has 7 atom stereocenters. The zero-order chi connectivity index (χ0) is 28.2. The van der Waals surface area contributed by atoms with E-state index in [9.17, 15) is 9.90 Å². The summed E-state index contributed by atoms with van der Waals surface area (Å²) >= 11 is 0. The van der Waals surface area contributed by atoms with Gasteiger partial charge < -0.3 is 29.2 Å². The van der Waals surface area contributed by atoms with Gasteiger partial charge in [0.25, 0.3) is 0 Å². The average molecular weight is 563 g/mol. The van der Waals surface area contributed by atoms with Gasteiger partial charge in [0.2, 0.25) is 0 Å². The second kappa shape index (κ2) is 17.0. The molecule has 7 nitrogen and oxygen atoms in total. The van der Waals surface area contributed by atoms with Gasteiger partial charge in [-0.25, -0.2) is 0 Å². The number of aliphatic hydroxyl groups is 1. The number of unbranched alkanes of at least 4 members (excludes halogenated alkanes) is 1. The second-order valence-electron chi connectivity index (χ2n) is 12.5. The van der Waals surface area contributed by atoms with Crippen molar-refractivity contribution in [3.05, 3.63) is 24.3 Å². The van der Waals surface area contributed by atoms with Gasteiger partial charge in [0.1, 0.15) is 0 Å². The van der Waals surface area contributed by atoms with Crippen LogP contribution < -0.4 is 0 Å². The Hall–Kier alpha value is -1.25. The highest BCUT2D eigenvalue weighted by Crippen LogP contribution is 2.41. The number of allylic oxidation sites excluding steroid dienone is 2. The number of rotatable bonds is 14. The van der Waals surface area contributed by atoms with Crippen molar-refractivity contribution in [2.24, 2.45) is 23.7 Å². The molecule has 0 bridgehead atoms. The molecule has 4 fully saturated rings. The van der Waals surface area contributed by atoms with Crippen LogP contribution in [0, 0.1) is 23.7 Å². The first-order valence-electron chi connectivity index (χ1n) is 16.3. The summed E-state index contributed by atoms with van der Waals surface area (Å²) < 4.78 is 25.1. The van der Waals surface area contributed by atoms with Crippen LogP contribution in [-0.2, 0) is 23.7 Å². The molecule has 40 heavy (non-hydrogen) atoms. The van der Waals surface area contributed by atoms with Crippen molar-refractivity contribution < 1.29 is 34.0 Å².